The van der Waals surface area contributed by atoms with E-state index in [9.17, 15) is 24.0 Å². The molecule has 1 aliphatic carbocycles. The van der Waals surface area contributed by atoms with Gasteiger partial charge in [0.25, 0.3) is 11.8 Å². The zero-order valence-electron chi connectivity index (χ0n) is 16.8. The summed E-state index contributed by atoms with van der Waals surface area (Å²) in [7, 11) is 0. The number of ether oxygens (including phenoxy) is 1. The van der Waals surface area contributed by atoms with Gasteiger partial charge in [-0.25, -0.2) is 4.79 Å². The molecule has 2 N–H and O–H groups in total. The van der Waals surface area contributed by atoms with Crippen LogP contribution in [0.1, 0.15) is 48.5 Å². The number of nitrogens with one attached hydrogen (secondary N) is 2. The van der Waals surface area contributed by atoms with E-state index in [1.54, 1.807) is 24.3 Å². The minimum atomic E-state index is -0.910. The molecule has 1 aromatic rings. The highest BCUT2D eigenvalue weighted by atomic mass is 16.5. The number of esters is 1. The van der Waals surface area contributed by atoms with Crippen molar-refractivity contribution in [3.63, 3.8) is 0 Å². The van der Waals surface area contributed by atoms with Crippen LogP contribution in [-0.2, 0) is 25.5 Å². The molecule has 1 saturated carbocycles. The Morgan fingerprint density at radius 3 is 2.63 bits per heavy atom. The van der Waals surface area contributed by atoms with Gasteiger partial charge in [0.05, 0.1) is 6.42 Å². The molecule has 9 heteroatoms. The summed E-state index contributed by atoms with van der Waals surface area (Å²) in [4.78, 5) is 61.2. The Balaban J connectivity index is 1.44. The zero-order valence-corrected chi connectivity index (χ0v) is 16.8. The maximum Gasteiger partial charge on any atom is 0.326 e. The van der Waals surface area contributed by atoms with E-state index in [1.165, 1.54) is 0 Å². The highest BCUT2D eigenvalue weighted by Crippen LogP contribution is 2.23. The summed E-state index contributed by atoms with van der Waals surface area (Å²) in [6, 6.07) is 6.05. The van der Waals surface area contributed by atoms with E-state index in [1.807, 2.05) is 0 Å². The van der Waals surface area contributed by atoms with Gasteiger partial charge in [0.2, 0.25) is 5.91 Å². The maximum absolute atomic E-state index is 12.4. The number of rotatable bonds is 5. The van der Waals surface area contributed by atoms with Crippen molar-refractivity contribution >= 4 is 29.7 Å². The minimum Gasteiger partial charge on any atom is -0.454 e. The molecule has 9 nitrogen and oxygen atoms in total. The molecule has 1 aromatic carbocycles. The van der Waals surface area contributed by atoms with Crippen molar-refractivity contribution in [3.8, 4) is 0 Å². The molecule has 0 saturated heterocycles. The third kappa shape index (κ3) is 5.22. The summed E-state index contributed by atoms with van der Waals surface area (Å²) in [5, 5.41) is 4.89. The Hall–Kier alpha value is -3.23. The number of imide groups is 2. The Bertz CT molecular complexity index is 868. The number of benzene rings is 1. The summed E-state index contributed by atoms with van der Waals surface area (Å²) >= 11 is 0. The second kappa shape index (κ2) is 9.51. The second-order valence-electron chi connectivity index (χ2n) is 7.67. The SMILES string of the molecule is C[C@H]1CCCC[C@H]1NC(=O)NC(=O)COC(=O)CN1C(=O)Cc2ccccc2C1=O. The van der Waals surface area contributed by atoms with Gasteiger partial charge in [-0.15, -0.1) is 0 Å². The second-order valence-corrected chi connectivity index (χ2v) is 7.67. The minimum absolute atomic E-state index is 0.00750. The van der Waals surface area contributed by atoms with Crippen LogP contribution >= 0.6 is 0 Å². The fourth-order valence-electron chi connectivity index (χ4n) is 3.78. The highest BCUT2D eigenvalue weighted by Gasteiger charge is 2.32. The number of nitrogens with zero attached hydrogens (tertiary/aromatic N) is 1. The van der Waals surface area contributed by atoms with Crippen molar-refractivity contribution < 1.29 is 28.7 Å². The van der Waals surface area contributed by atoms with Gasteiger partial charge >= 0.3 is 12.0 Å². The molecule has 2 aliphatic rings. The first-order chi connectivity index (χ1) is 14.3. The zero-order chi connectivity index (χ0) is 21.7. The number of hydrogen-bond acceptors (Lipinski definition) is 6. The van der Waals surface area contributed by atoms with Gasteiger partial charge in [0.1, 0.15) is 6.54 Å². The van der Waals surface area contributed by atoms with Gasteiger partial charge in [-0.1, -0.05) is 38.0 Å². The summed E-state index contributed by atoms with van der Waals surface area (Å²) in [5.41, 5.74) is 0.964. The maximum atomic E-state index is 12.4. The Labute approximate surface area is 174 Å². The average Bonchev–Trinajstić information content (AvgIpc) is 2.71. The van der Waals surface area contributed by atoms with Crippen molar-refractivity contribution in [2.45, 2.75) is 45.1 Å². The molecular weight excluding hydrogens is 390 g/mol. The van der Waals surface area contributed by atoms with E-state index in [0.717, 1.165) is 30.6 Å². The van der Waals surface area contributed by atoms with E-state index in [4.69, 9.17) is 4.74 Å². The summed E-state index contributed by atoms with van der Waals surface area (Å²) in [5.74, 6) is -2.45. The standard InChI is InChI=1S/C21H25N3O6/c1-13-6-2-5-9-16(13)22-21(29)23-17(25)12-30-19(27)11-24-18(26)10-14-7-3-4-8-15(14)20(24)28/h3-4,7-8,13,16H,2,5-6,9-12H2,1H3,(H2,22,23,25,29)/t13-,16+/m0/s1. The quantitative estimate of drug-likeness (QED) is 0.550. The molecule has 0 bridgehead atoms. The van der Waals surface area contributed by atoms with Gasteiger partial charge < -0.3 is 10.1 Å². The van der Waals surface area contributed by atoms with E-state index in [2.05, 4.69) is 17.6 Å². The lowest BCUT2D eigenvalue weighted by molar-refractivity contribution is -0.151. The number of hydrogen-bond donors (Lipinski definition) is 2. The smallest absolute Gasteiger partial charge is 0.326 e. The van der Waals surface area contributed by atoms with Gasteiger partial charge in [-0.2, -0.15) is 0 Å². The molecule has 1 fully saturated rings. The molecule has 3 rings (SSSR count). The van der Waals surface area contributed by atoms with Crippen LogP contribution in [0.25, 0.3) is 0 Å². The molecule has 160 valence electrons. The molecule has 0 spiro atoms. The fourth-order valence-corrected chi connectivity index (χ4v) is 3.78. The van der Waals surface area contributed by atoms with E-state index >= 15 is 0 Å². The van der Waals surface area contributed by atoms with Crippen LogP contribution in [0.4, 0.5) is 4.79 Å². The third-order valence-corrected chi connectivity index (χ3v) is 5.47. The lowest BCUT2D eigenvalue weighted by atomic mass is 9.86. The molecule has 1 aliphatic heterocycles. The van der Waals surface area contributed by atoms with Crippen molar-refractivity contribution in [2.24, 2.45) is 5.92 Å². The number of fused-ring (bicyclic) bond motifs is 1. The van der Waals surface area contributed by atoms with Crippen LogP contribution in [0.15, 0.2) is 24.3 Å². The van der Waals surface area contributed by atoms with E-state index in [0.29, 0.717) is 17.0 Å². The Morgan fingerprint density at radius 2 is 1.87 bits per heavy atom. The first kappa shape index (κ1) is 21.5. The normalized spacial score (nSPS) is 20.9. The highest BCUT2D eigenvalue weighted by molar-refractivity contribution is 6.11. The summed E-state index contributed by atoms with van der Waals surface area (Å²) in [6.07, 6.45) is 4.05. The lowest BCUT2D eigenvalue weighted by Gasteiger charge is -2.29. The van der Waals surface area contributed by atoms with Crippen LogP contribution in [-0.4, -0.2) is 53.8 Å². The molecule has 5 amide bonds. The van der Waals surface area contributed by atoms with Gasteiger partial charge in [-0.3, -0.25) is 29.4 Å². The van der Waals surface area contributed by atoms with Gasteiger partial charge in [-0.05, 0) is 30.4 Å². The van der Waals surface area contributed by atoms with E-state index < -0.39 is 42.9 Å². The average molecular weight is 415 g/mol. The van der Waals surface area contributed by atoms with Crippen LogP contribution < -0.4 is 10.6 Å². The number of urea groups is 1. The lowest BCUT2D eigenvalue weighted by Crippen LogP contribution is -2.49. The first-order valence-electron chi connectivity index (χ1n) is 10.0. The molecule has 0 radical (unpaired) electrons. The Morgan fingerprint density at radius 1 is 1.13 bits per heavy atom. The molecule has 30 heavy (non-hydrogen) atoms. The molecule has 1 heterocycles. The van der Waals surface area contributed by atoms with Crippen molar-refractivity contribution in [2.75, 3.05) is 13.2 Å². The number of carbonyl (C=O) groups is 5. The topological polar surface area (TPSA) is 122 Å². The first-order valence-corrected chi connectivity index (χ1v) is 10.0. The van der Waals surface area contributed by atoms with Gasteiger partial charge in [0.15, 0.2) is 6.61 Å². The molecule has 0 unspecified atom stereocenters. The van der Waals surface area contributed by atoms with Crippen LogP contribution in [0.3, 0.4) is 0 Å². The van der Waals surface area contributed by atoms with Crippen molar-refractivity contribution in [1.82, 2.24) is 15.5 Å². The summed E-state index contributed by atoms with van der Waals surface area (Å²) < 4.78 is 4.83. The molecule has 0 aromatic heterocycles. The van der Waals surface area contributed by atoms with Crippen LogP contribution in [0, 0.1) is 5.92 Å². The number of carbonyl (C=O) groups excluding carboxylic acids is 5. The van der Waals surface area contributed by atoms with Crippen molar-refractivity contribution in [3.05, 3.63) is 35.4 Å². The molecule has 2 atom stereocenters. The van der Waals surface area contributed by atoms with Crippen LogP contribution in [0.5, 0.6) is 0 Å². The number of amides is 5. The fraction of sp³-hybridized carbons (Fsp3) is 0.476. The molecular formula is C21H25N3O6. The van der Waals surface area contributed by atoms with Crippen molar-refractivity contribution in [1.29, 1.82) is 0 Å². The van der Waals surface area contributed by atoms with Crippen LogP contribution in [0.2, 0.25) is 0 Å². The predicted molar refractivity (Wildman–Crippen MR) is 105 cm³/mol. The van der Waals surface area contributed by atoms with Gasteiger partial charge in [0, 0.05) is 11.6 Å². The monoisotopic (exact) mass is 415 g/mol. The predicted octanol–water partition coefficient (Wildman–Crippen LogP) is 1.16. The third-order valence-electron chi connectivity index (χ3n) is 5.47. The Kier molecular flexibility index (Phi) is 6.81. The summed E-state index contributed by atoms with van der Waals surface area (Å²) in [6.45, 7) is 0.777. The van der Waals surface area contributed by atoms with E-state index in [-0.39, 0.29) is 12.5 Å². The largest absolute Gasteiger partial charge is 0.454 e.